The first-order chi connectivity index (χ1) is 25.3. The average Bonchev–Trinajstić information content (AvgIpc) is 3.18. The molecule has 0 saturated carbocycles. The molecule has 0 aromatic heterocycles. The third-order valence-corrected chi connectivity index (χ3v) is 7.77. The van der Waals surface area contributed by atoms with Crippen LogP contribution in [0.1, 0.15) is 54.9 Å². The Balaban J connectivity index is 1.37. The number of esters is 3. The van der Waals surface area contributed by atoms with Gasteiger partial charge >= 0.3 is 17.9 Å². The van der Waals surface area contributed by atoms with Crippen molar-refractivity contribution in [1.29, 1.82) is 0 Å². The van der Waals surface area contributed by atoms with Gasteiger partial charge in [-0.3, -0.25) is 14.4 Å². The highest BCUT2D eigenvalue weighted by Gasteiger charge is 2.33. The standard InChI is InChI=1S/C41H44N2O9/c1-2-3-25-42-39(46)35(43-36(44)23-24-37(45)49-27-31-13-7-4-8-14-31)26-30-19-21-34(22-20-30)52-38(40(47)50-28-32-15-9-5-10-16-32)41(48)51-29-33-17-11-6-12-18-33/h4-22,35,38H,2-3,23-29H2,1H3,(H,42,46)(H,43,44)/t35-/m0/s1. The van der Waals surface area contributed by atoms with Gasteiger partial charge in [0.1, 0.15) is 31.6 Å². The molecule has 4 aromatic carbocycles. The Morgan fingerprint density at radius 3 is 1.60 bits per heavy atom. The Morgan fingerprint density at radius 1 is 0.596 bits per heavy atom. The highest BCUT2D eigenvalue weighted by molar-refractivity contribution is 5.98. The summed E-state index contributed by atoms with van der Waals surface area (Å²) in [7, 11) is 0. The lowest BCUT2D eigenvalue weighted by molar-refractivity contribution is -0.168. The van der Waals surface area contributed by atoms with E-state index in [4.69, 9.17) is 18.9 Å². The van der Waals surface area contributed by atoms with Crippen molar-refractivity contribution in [3.8, 4) is 5.75 Å². The average molecular weight is 709 g/mol. The highest BCUT2D eigenvalue weighted by atomic mass is 16.6. The molecule has 0 spiro atoms. The van der Waals surface area contributed by atoms with Gasteiger partial charge in [0.2, 0.25) is 11.8 Å². The molecule has 0 fully saturated rings. The quantitative estimate of drug-likeness (QED) is 0.0534. The van der Waals surface area contributed by atoms with Crippen molar-refractivity contribution in [2.24, 2.45) is 0 Å². The lowest BCUT2D eigenvalue weighted by Crippen LogP contribution is -2.48. The highest BCUT2D eigenvalue weighted by Crippen LogP contribution is 2.18. The summed E-state index contributed by atoms with van der Waals surface area (Å²) in [5, 5.41) is 5.59. The number of hydrogen-bond acceptors (Lipinski definition) is 9. The van der Waals surface area contributed by atoms with Gasteiger partial charge in [-0.1, -0.05) is 116 Å². The van der Waals surface area contributed by atoms with Crippen LogP contribution in [0.5, 0.6) is 5.75 Å². The molecular formula is C41H44N2O9. The number of carbonyl (C=O) groups excluding carboxylic acids is 5. The van der Waals surface area contributed by atoms with E-state index in [0.717, 1.165) is 29.5 Å². The summed E-state index contributed by atoms with van der Waals surface area (Å²) in [6.45, 7) is 2.43. The van der Waals surface area contributed by atoms with Gasteiger partial charge in [0, 0.05) is 19.4 Å². The van der Waals surface area contributed by atoms with Gasteiger partial charge in [-0.2, -0.15) is 0 Å². The molecule has 2 N–H and O–H groups in total. The molecule has 0 aliphatic heterocycles. The molecule has 1 atom stereocenters. The predicted octanol–water partition coefficient (Wildman–Crippen LogP) is 5.39. The topological polar surface area (TPSA) is 146 Å². The maximum atomic E-state index is 13.1. The summed E-state index contributed by atoms with van der Waals surface area (Å²) in [6, 6.07) is 32.8. The second-order valence-corrected chi connectivity index (χ2v) is 11.9. The zero-order chi connectivity index (χ0) is 37.0. The van der Waals surface area contributed by atoms with Crippen LogP contribution < -0.4 is 15.4 Å². The maximum Gasteiger partial charge on any atom is 0.359 e. The van der Waals surface area contributed by atoms with Gasteiger partial charge < -0.3 is 29.6 Å². The maximum absolute atomic E-state index is 13.1. The van der Waals surface area contributed by atoms with E-state index in [9.17, 15) is 24.0 Å². The number of rotatable bonds is 20. The zero-order valence-corrected chi connectivity index (χ0v) is 29.2. The van der Waals surface area contributed by atoms with E-state index in [1.165, 1.54) is 0 Å². The molecule has 4 aromatic rings. The van der Waals surface area contributed by atoms with E-state index in [-0.39, 0.29) is 50.7 Å². The van der Waals surface area contributed by atoms with Crippen molar-refractivity contribution in [2.75, 3.05) is 6.54 Å². The number of hydrogen-bond donors (Lipinski definition) is 2. The molecule has 0 radical (unpaired) electrons. The lowest BCUT2D eigenvalue weighted by atomic mass is 10.0. The fraction of sp³-hybridized carbons (Fsp3) is 0.293. The van der Waals surface area contributed by atoms with Crippen molar-refractivity contribution in [3.05, 3.63) is 138 Å². The zero-order valence-electron chi connectivity index (χ0n) is 29.2. The Hall–Kier alpha value is -5.97. The Kier molecular flexibility index (Phi) is 15.9. The van der Waals surface area contributed by atoms with E-state index >= 15 is 0 Å². The summed E-state index contributed by atoms with van der Waals surface area (Å²) in [4.78, 5) is 64.4. The van der Waals surface area contributed by atoms with Gasteiger partial charge in [0.15, 0.2) is 0 Å². The van der Waals surface area contributed by atoms with Crippen molar-refractivity contribution >= 4 is 29.7 Å². The smallest absolute Gasteiger partial charge is 0.359 e. The number of carbonyl (C=O) groups is 5. The SMILES string of the molecule is CCCCNC(=O)[C@H](Cc1ccc(OC(C(=O)OCc2ccccc2)C(=O)OCc2ccccc2)cc1)NC(=O)CCC(=O)OCc1ccccc1. The third-order valence-electron chi connectivity index (χ3n) is 7.77. The summed E-state index contributed by atoms with van der Waals surface area (Å²) in [5.41, 5.74) is 2.97. The molecule has 272 valence electrons. The molecule has 11 heteroatoms. The van der Waals surface area contributed by atoms with Crippen LogP contribution in [0, 0.1) is 0 Å². The third kappa shape index (κ3) is 13.7. The van der Waals surface area contributed by atoms with Crippen LogP contribution in [0.2, 0.25) is 0 Å². The molecule has 52 heavy (non-hydrogen) atoms. The fourth-order valence-electron chi connectivity index (χ4n) is 4.89. The van der Waals surface area contributed by atoms with Crippen molar-refractivity contribution in [3.63, 3.8) is 0 Å². The van der Waals surface area contributed by atoms with E-state index in [1.54, 1.807) is 48.5 Å². The Labute approximate surface area is 303 Å². The monoisotopic (exact) mass is 708 g/mol. The second kappa shape index (κ2) is 21.3. The summed E-state index contributed by atoms with van der Waals surface area (Å²) >= 11 is 0. The van der Waals surface area contributed by atoms with Gasteiger partial charge in [-0.15, -0.1) is 0 Å². The van der Waals surface area contributed by atoms with Crippen LogP contribution in [0.25, 0.3) is 0 Å². The summed E-state index contributed by atoms with van der Waals surface area (Å²) in [5.74, 6) is -3.01. The first-order valence-corrected chi connectivity index (χ1v) is 17.2. The van der Waals surface area contributed by atoms with Crippen LogP contribution in [0.3, 0.4) is 0 Å². The first-order valence-electron chi connectivity index (χ1n) is 17.2. The van der Waals surface area contributed by atoms with Crippen molar-refractivity contribution < 1.29 is 42.9 Å². The summed E-state index contributed by atoms with van der Waals surface area (Å²) < 4.78 is 21.9. The van der Waals surface area contributed by atoms with E-state index in [0.29, 0.717) is 12.1 Å². The molecule has 4 rings (SSSR count). The minimum absolute atomic E-state index is 0.0628. The Bertz CT molecular complexity index is 1660. The van der Waals surface area contributed by atoms with Gasteiger partial charge in [0.25, 0.3) is 6.10 Å². The number of amides is 2. The van der Waals surface area contributed by atoms with Crippen LogP contribution in [-0.2, 0) is 64.4 Å². The van der Waals surface area contributed by atoms with Crippen molar-refractivity contribution in [2.45, 2.75) is 71.0 Å². The van der Waals surface area contributed by atoms with Gasteiger partial charge in [-0.25, -0.2) is 9.59 Å². The molecule has 0 bridgehead atoms. The Morgan fingerprint density at radius 2 is 1.10 bits per heavy atom. The molecular weight excluding hydrogens is 664 g/mol. The minimum atomic E-state index is -1.70. The molecule has 0 unspecified atom stereocenters. The van der Waals surface area contributed by atoms with E-state index < -0.39 is 36.0 Å². The lowest BCUT2D eigenvalue weighted by Gasteiger charge is -2.20. The molecule has 11 nitrogen and oxygen atoms in total. The van der Waals surface area contributed by atoms with E-state index in [2.05, 4.69) is 10.6 Å². The van der Waals surface area contributed by atoms with Gasteiger partial charge in [-0.05, 0) is 40.8 Å². The van der Waals surface area contributed by atoms with Crippen LogP contribution >= 0.6 is 0 Å². The number of ether oxygens (including phenoxy) is 4. The summed E-state index contributed by atoms with van der Waals surface area (Å²) in [6.07, 6.45) is -0.212. The number of benzene rings is 4. The molecule has 2 amide bonds. The minimum Gasteiger partial charge on any atom is -0.467 e. The normalized spacial score (nSPS) is 11.2. The molecule has 0 heterocycles. The number of nitrogens with one attached hydrogen (secondary N) is 2. The predicted molar refractivity (Wildman–Crippen MR) is 192 cm³/mol. The molecule has 0 aliphatic carbocycles. The largest absolute Gasteiger partial charge is 0.467 e. The van der Waals surface area contributed by atoms with E-state index in [1.807, 2.05) is 73.7 Å². The van der Waals surface area contributed by atoms with Crippen LogP contribution in [0.4, 0.5) is 0 Å². The molecule has 0 saturated heterocycles. The second-order valence-electron chi connectivity index (χ2n) is 11.9. The van der Waals surface area contributed by atoms with Gasteiger partial charge in [0.05, 0.1) is 6.42 Å². The molecule has 0 aliphatic rings. The van der Waals surface area contributed by atoms with Crippen LogP contribution in [0.15, 0.2) is 115 Å². The fourth-order valence-corrected chi connectivity index (χ4v) is 4.89. The van der Waals surface area contributed by atoms with Crippen molar-refractivity contribution in [1.82, 2.24) is 10.6 Å². The number of unbranched alkanes of at least 4 members (excludes halogenated alkanes) is 1. The van der Waals surface area contributed by atoms with Crippen LogP contribution in [-0.4, -0.2) is 48.4 Å². The first kappa shape index (κ1) is 38.8.